The van der Waals surface area contributed by atoms with Gasteiger partial charge in [-0.15, -0.1) is 11.3 Å². The molecule has 1 heterocycles. The normalized spacial score (nSPS) is 12.5. The van der Waals surface area contributed by atoms with Gasteiger partial charge in [-0.25, -0.2) is 18.2 Å². The molecule has 136 valence electrons. The van der Waals surface area contributed by atoms with Gasteiger partial charge >= 0.3 is 6.03 Å². The highest BCUT2D eigenvalue weighted by Gasteiger charge is 2.21. The lowest BCUT2D eigenvalue weighted by Crippen LogP contribution is -2.34. The number of thiazole rings is 1. The Labute approximate surface area is 152 Å². The molecular formula is C16H22N4O3S2. The van der Waals surface area contributed by atoms with E-state index in [-0.39, 0.29) is 12.1 Å². The molecule has 2 N–H and O–H groups in total. The van der Waals surface area contributed by atoms with E-state index in [0.717, 1.165) is 21.8 Å². The van der Waals surface area contributed by atoms with E-state index in [1.807, 2.05) is 20.8 Å². The summed E-state index contributed by atoms with van der Waals surface area (Å²) in [6.45, 7) is 5.85. The van der Waals surface area contributed by atoms with Crippen LogP contribution in [0.2, 0.25) is 0 Å². The molecule has 0 aliphatic rings. The van der Waals surface area contributed by atoms with Gasteiger partial charge in [0, 0.05) is 17.6 Å². The standard InChI is InChI=1S/C16H22N4O3S2/c1-10(15-11(2)24-12(3)17-15)20(4)16(21)18-13-7-6-8-14(9-13)19-25(5,22)23/h6-10,19H,1-5H3,(H,18,21). The van der Waals surface area contributed by atoms with Crippen LogP contribution < -0.4 is 10.0 Å². The van der Waals surface area contributed by atoms with Crippen molar-refractivity contribution in [2.75, 3.05) is 23.3 Å². The number of nitrogens with one attached hydrogen (secondary N) is 2. The largest absolute Gasteiger partial charge is 0.322 e. The number of rotatable bonds is 5. The predicted molar refractivity (Wildman–Crippen MR) is 102 cm³/mol. The molecule has 2 rings (SSSR count). The maximum Gasteiger partial charge on any atom is 0.322 e. The van der Waals surface area contributed by atoms with Crippen LogP contribution in [0.4, 0.5) is 16.2 Å². The minimum absolute atomic E-state index is 0.178. The van der Waals surface area contributed by atoms with Gasteiger partial charge in [0.2, 0.25) is 10.0 Å². The SMILES string of the molecule is Cc1nc(C(C)N(C)C(=O)Nc2cccc(NS(C)(=O)=O)c2)c(C)s1. The quantitative estimate of drug-likeness (QED) is 0.829. The third kappa shape index (κ3) is 5.17. The van der Waals surface area contributed by atoms with Crippen molar-refractivity contribution in [3.8, 4) is 0 Å². The van der Waals surface area contributed by atoms with Crippen LogP contribution >= 0.6 is 11.3 Å². The number of aryl methyl sites for hydroxylation is 2. The minimum Gasteiger partial charge on any atom is -0.319 e. The molecule has 0 radical (unpaired) electrons. The second-order valence-electron chi connectivity index (χ2n) is 5.85. The number of carbonyl (C=O) groups excluding carboxylic acids is 1. The molecule has 1 aromatic heterocycles. The van der Waals surface area contributed by atoms with Gasteiger partial charge < -0.3 is 10.2 Å². The minimum atomic E-state index is -3.37. The van der Waals surface area contributed by atoms with Crippen LogP contribution in [-0.2, 0) is 10.0 Å². The number of benzene rings is 1. The first kappa shape index (κ1) is 19.2. The molecule has 25 heavy (non-hydrogen) atoms. The van der Waals surface area contributed by atoms with Crippen molar-refractivity contribution in [3.63, 3.8) is 0 Å². The zero-order valence-electron chi connectivity index (χ0n) is 14.8. The zero-order chi connectivity index (χ0) is 18.8. The molecule has 1 atom stereocenters. The lowest BCUT2D eigenvalue weighted by molar-refractivity contribution is 0.207. The van der Waals surface area contributed by atoms with E-state index in [9.17, 15) is 13.2 Å². The highest BCUT2D eigenvalue weighted by Crippen LogP contribution is 2.26. The average molecular weight is 383 g/mol. The summed E-state index contributed by atoms with van der Waals surface area (Å²) in [5, 5.41) is 3.74. The smallest absolute Gasteiger partial charge is 0.319 e. The molecular weight excluding hydrogens is 360 g/mol. The van der Waals surface area contributed by atoms with Gasteiger partial charge in [-0.3, -0.25) is 4.72 Å². The highest BCUT2D eigenvalue weighted by atomic mass is 32.2. The average Bonchev–Trinajstić information content (AvgIpc) is 2.83. The molecule has 0 bridgehead atoms. The molecule has 7 nitrogen and oxygen atoms in total. The number of amides is 2. The van der Waals surface area contributed by atoms with Crippen LogP contribution in [0.5, 0.6) is 0 Å². The second-order valence-corrected chi connectivity index (χ2v) is 9.00. The van der Waals surface area contributed by atoms with Crippen LogP contribution in [0.15, 0.2) is 24.3 Å². The Hall–Kier alpha value is -2.13. The summed E-state index contributed by atoms with van der Waals surface area (Å²) in [7, 11) is -1.67. The van der Waals surface area contributed by atoms with E-state index in [0.29, 0.717) is 11.4 Å². The van der Waals surface area contributed by atoms with Crippen molar-refractivity contribution >= 4 is 38.8 Å². The molecule has 2 aromatic rings. The van der Waals surface area contributed by atoms with Gasteiger partial charge in [-0.2, -0.15) is 0 Å². The van der Waals surface area contributed by atoms with Gasteiger partial charge in [0.25, 0.3) is 0 Å². The number of carbonyl (C=O) groups is 1. The number of nitrogens with zero attached hydrogens (tertiary/aromatic N) is 2. The monoisotopic (exact) mass is 382 g/mol. The third-order valence-electron chi connectivity index (χ3n) is 3.65. The fraction of sp³-hybridized carbons (Fsp3) is 0.375. The van der Waals surface area contributed by atoms with Crippen molar-refractivity contribution in [1.29, 1.82) is 0 Å². The summed E-state index contributed by atoms with van der Waals surface area (Å²) >= 11 is 1.60. The Morgan fingerprint density at radius 2 is 1.92 bits per heavy atom. The third-order valence-corrected chi connectivity index (χ3v) is 5.16. The summed E-state index contributed by atoms with van der Waals surface area (Å²) < 4.78 is 25.0. The number of hydrogen-bond acceptors (Lipinski definition) is 5. The summed E-state index contributed by atoms with van der Waals surface area (Å²) in [4.78, 5) is 19.6. The van der Waals surface area contributed by atoms with E-state index >= 15 is 0 Å². The number of urea groups is 1. The first-order valence-corrected chi connectivity index (χ1v) is 10.3. The number of anilines is 2. The van der Waals surface area contributed by atoms with Gasteiger partial charge in [0.1, 0.15) is 0 Å². The summed E-state index contributed by atoms with van der Waals surface area (Å²) in [6, 6.07) is 6.07. The van der Waals surface area contributed by atoms with Crippen molar-refractivity contribution in [1.82, 2.24) is 9.88 Å². The van der Waals surface area contributed by atoms with Crippen molar-refractivity contribution < 1.29 is 13.2 Å². The molecule has 0 spiro atoms. The summed E-state index contributed by atoms with van der Waals surface area (Å²) in [5.41, 5.74) is 1.78. The van der Waals surface area contributed by atoms with E-state index in [1.54, 1.807) is 47.5 Å². The van der Waals surface area contributed by atoms with Crippen molar-refractivity contribution in [2.24, 2.45) is 0 Å². The molecule has 0 fully saturated rings. The molecule has 0 aliphatic carbocycles. The predicted octanol–water partition coefficient (Wildman–Crippen LogP) is 3.36. The molecule has 0 saturated heterocycles. The Kier molecular flexibility index (Phi) is 5.69. The van der Waals surface area contributed by atoms with Gasteiger partial charge in [0.05, 0.1) is 28.7 Å². The first-order chi connectivity index (χ1) is 11.6. The lowest BCUT2D eigenvalue weighted by atomic mass is 10.2. The maximum absolute atomic E-state index is 12.5. The van der Waals surface area contributed by atoms with E-state index in [4.69, 9.17) is 0 Å². The maximum atomic E-state index is 12.5. The van der Waals surface area contributed by atoms with Crippen molar-refractivity contribution in [3.05, 3.63) is 39.8 Å². The topological polar surface area (TPSA) is 91.4 Å². The van der Waals surface area contributed by atoms with Gasteiger partial charge in [-0.1, -0.05) is 6.07 Å². The Morgan fingerprint density at radius 1 is 1.28 bits per heavy atom. The number of aromatic nitrogens is 1. The summed E-state index contributed by atoms with van der Waals surface area (Å²) in [6.07, 6.45) is 1.08. The van der Waals surface area contributed by atoms with E-state index in [2.05, 4.69) is 15.0 Å². The Bertz CT molecular complexity index is 877. The fourth-order valence-corrected chi connectivity index (χ4v) is 3.84. The molecule has 0 saturated carbocycles. The zero-order valence-corrected chi connectivity index (χ0v) is 16.5. The van der Waals surface area contributed by atoms with Crippen LogP contribution in [0.3, 0.4) is 0 Å². The molecule has 2 amide bonds. The molecule has 1 unspecified atom stereocenters. The van der Waals surface area contributed by atoms with Crippen LogP contribution in [0, 0.1) is 13.8 Å². The molecule has 9 heteroatoms. The summed E-state index contributed by atoms with van der Waals surface area (Å²) in [5.74, 6) is 0. The number of hydrogen-bond donors (Lipinski definition) is 2. The Balaban J connectivity index is 2.11. The van der Waals surface area contributed by atoms with Gasteiger partial charge in [-0.05, 0) is 39.0 Å². The molecule has 1 aromatic carbocycles. The van der Waals surface area contributed by atoms with Crippen molar-refractivity contribution in [2.45, 2.75) is 26.8 Å². The molecule has 0 aliphatic heterocycles. The first-order valence-electron chi connectivity index (χ1n) is 7.62. The Morgan fingerprint density at radius 3 is 2.48 bits per heavy atom. The van der Waals surface area contributed by atoms with E-state index in [1.165, 1.54) is 0 Å². The van der Waals surface area contributed by atoms with Gasteiger partial charge in [0.15, 0.2) is 0 Å². The lowest BCUT2D eigenvalue weighted by Gasteiger charge is -2.24. The number of sulfonamides is 1. The fourth-order valence-electron chi connectivity index (χ4n) is 2.38. The van der Waals surface area contributed by atoms with Crippen LogP contribution in [0.25, 0.3) is 0 Å². The van der Waals surface area contributed by atoms with Crippen LogP contribution in [0.1, 0.15) is 28.5 Å². The second kappa shape index (κ2) is 7.40. The van der Waals surface area contributed by atoms with Crippen LogP contribution in [-0.4, -0.2) is 37.6 Å². The van der Waals surface area contributed by atoms with E-state index < -0.39 is 10.0 Å². The highest BCUT2D eigenvalue weighted by molar-refractivity contribution is 7.92.